The van der Waals surface area contributed by atoms with E-state index in [1.54, 1.807) is 6.07 Å². The van der Waals surface area contributed by atoms with Crippen molar-refractivity contribution < 1.29 is 9.90 Å². The second-order valence-corrected chi connectivity index (χ2v) is 7.37. The highest BCUT2D eigenvalue weighted by Gasteiger charge is 2.40. The van der Waals surface area contributed by atoms with E-state index in [0.29, 0.717) is 41.6 Å². The highest BCUT2D eigenvalue weighted by atomic mass is 16.3. The maximum atomic E-state index is 12.2. The molecule has 1 aromatic carbocycles. The summed E-state index contributed by atoms with van der Waals surface area (Å²) < 4.78 is 0. The summed E-state index contributed by atoms with van der Waals surface area (Å²) in [4.78, 5) is 12.2. The van der Waals surface area contributed by atoms with Crippen LogP contribution in [-0.4, -0.2) is 10.9 Å². The van der Waals surface area contributed by atoms with Crippen molar-refractivity contribution in [3.63, 3.8) is 0 Å². The molecule has 1 N–H and O–H groups in total. The van der Waals surface area contributed by atoms with Crippen molar-refractivity contribution >= 4 is 5.78 Å². The summed E-state index contributed by atoms with van der Waals surface area (Å²) >= 11 is 0. The minimum atomic E-state index is 0.352. The number of aromatic hydroxyl groups is 1. The summed E-state index contributed by atoms with van der Waals surface area (Å²) in [5.41, 5.74) is 2.58. The van der Waals surface area contributed by atoms with Crippen LogP contribution in [0.3, 0.4) is 0 Å². The predicted octanol–water partition coefficient (Wildman–Crippen LogP) is 4.45. The zero-order valence-electron chi connectivity index (χ0n) is 13.1. The van der Waals surface area contributed by atoms with Crippen LogP contribution in [0.1, 0.15) is 63.0 Å². The van der Waals surface area contributed by atoms with Gasteiger partial charge in [-0.05, 0) is 66.2 Å². The van der Waals surface area contributed by atoms with Crippen LogP contribution in [0, 0.1) is 17.8 Å². The third kappa shape index (κ3) is 3.00. The molecule has 21 heavy (non-hydrogen) atoms. The van der Waals surface area contributed by atoms with Gasteiger partial charge in [-0.15, -0.1) is 0 Å². The van der Waals surface area contributed by atoms with Crippen LogP contribution in [0.15, 0.2) is 18.2 Å². The molecule has 2 heteroatoms. The number of phenolic OH excluding ortho intramolecular Hbond substituents is 1. The summed E-state index contributed by atoms with van der Waals surface area (Å²) in [6.45, 7) is 4.53. The standard InChI is InChI=1S/C19H26O2/c1-12(2)3-4-13-10-16(21)11-19-17(13)7-5-14-9-15(20)6-8-18(14)19/h6,8-9,12-13,17,19-20H,3-5,7,10-11H2,1-2H3. The average molecular weight is 286 g/mol. The Morgan fingerprint density at radius 3 is 2.86 bits per heavy atom. The van der Waals surface area contributed by atoms with Crippen LogP contribution in [0.5, 0.6) is 5.75 Å². The second kappa shape index (κ2) is 5.82. The molecule has 2 aliphatic carbocycles. The number of hydrogen-bond donors (Lipinski definition) is 1. The first-order chi connectivity index (χ1) is 10.0. The molecule has 0 saturated heterocycles. The number of phenols is 1. The van der Waals surface area contributed by atoms with Gasteiger partial charge in [-0.1, -0.05) is 26.3 Å². The number of fused-ring (bicyclic) bond motifs is 3. The Bertz CT molecular complexity index is 532. The Morgan fingerprint density at radius 2 is 2.10 bits per heavy atom. The van der Waals surface area contributed by atoms with E-state index >= 15 is 0 Å². The first-order valence-electron chi connectivity index (χ1n) is 8.38. The van der Waals surface area contributed by atoms with Gasteiger partial charge in [0.15, 0.2) is 0 Å². The van der Waals surface area contributed by atoms with E-state index < -0.39 is 0 Å². The molecule has 0 amide bonds. The number of ketones is 1. The highest BCUT2D eigenvalue weighted by Crippen LogP contribution is 2.48. The van der Waals surface area contributed by atoms with Crippen molar-refractivity contribution in [1.82, 2.24) is 0 Å². The molecule has 1 aromatic rings. The Balaban J connectivity index is 1.84. The molecule has 3 rings (SSSR count). The molecule has 3 atom stereocenters. The topological polar surface area (TPSA) is 37.3 Å². The third-order valence-corrected chi connectivity index (χ3v) is 5.45. The van der Waals surface area contributed by atoms with Crippen molar-refractivity contribution in [2.24, 2.45) is 17.8 Å². The minimum absolute atomic E-state index is 0.352. The molecule has 0 aromatic heterocycles. The first-order valence-corrected chi connectivity index (χ1v) is 8.38. The lowest BCUT2D eigenvalue weighted by Crippen LogP contribution is -2.35. The van der Waals surface area contributed by atoms with Gasteiger partial charge in [0.2, 0.25) is 0 Å². The Kier molecular flexibility index (Phi) is 4.05. The van der Waals surface area contributed by atoms with Gasteiger partial charge >= 0.3 is 0 Å². The summed E-state index contributed by atoms with van der Waals surface area (Å²) in [5.74, 6) is 3.14. The fourth-order valence-electron chi connectivity index (χ4n) is 4.39. The van der Waals surface area contributed by atoms with Crippen molar-refractivity contribution in [2.45, 2.75) is 58.3 Å². The molecule has 3 unspecified atom stereocenters. The van der Waals surface area contributed by atoms with Gasteiger partial charge in [-0.3, -0.25) is 4.79 Å². The quantitative estimate of drug-likeness (QED) is 0.891. The van der Waals surface area contributed by atoms with Crippen LogP contribution >= 0.6 is 0 Å². The highest BCUT2D eigenvalue weighted by molar-refractivity contribution is 5.81. The van der Waals surface area contributed by atoms with Crippen LogP contribution in [-0.2, 0) is 11.2 Å². The summed E-state index contributed by atoms with van der Waals surface area (Å²) in [5, 5.41) is 9.67. The summed E-state index contributed by atoms with van der Waals surface area (Å²) in [6.07, 6.45) is 6.15. The van der Waals surface area contributed by atoms with Gasteiger partial charge < -0.3 is 5.11 Å². The monoisotopic (exact) mass is 286 g/mol. The minimum Gasteiger partial charge on any atom is -0.508 e. The second-order valence-electron chi connectivity index (χ2n) is 7.37. The zero-order chi connectivity index (χ0) is 15.0. The van der Waals surface area contributed by atoms with Gasteiger partial charge in [0, 0.05) is 12.8 Å². The summed E-state index contributed by atoms with van der Waals surface area (Å²) in [6, 6.07) is 5.73. The zero-order valence-corrected chi connectivity index (χ0v) is 13.1. The molecule has 0 aliphatic heterocycles. The molecular weight excluding hydrogens is 260 g/mol. The van der Waals surface area contributed by atoms with Gasteiger partial charge in [0.25, 0.3) is 0 Å². The lowest BCUT2D eigenvalue weighted by Gasteiger charge is -2.42. The molecule has 0 bridgehead atoms. The van der Waals surface area contributed by atoms with E-state index in [-0.39, 0.29) is 0 Å². The molecule has 1 saturated carbocycles. The molecule has 1 fully saturated rings. The van der Waals surface area contributed by atoms with Gasteiger partial charge in [0.1, 0.15) is 11.5 Å². The van der Waals surface area contributed by atoms with Gasteiger partial charge in [-0.2, -0.15) is 0 Å². The first kappa shape index (κ1) is 14.6. The number of carbonyl (C=O) groups is 1. The lowest BCUT2D eigenvalue weighted by molar-refractivity contribution is -0.123. The molecule has 114 valence electrons. The van der Waals surface area contributed by atoms with Crippen molar-refractivity contribution in [2.75, 3.05) is 0 Å². The Labute approximate surface area is 127 Å². The van der Waals surface area contributed by atoms with Crippen LogP contribution in [0.2, 0.25) is 0 Å². The normalized spacial score (nSPS) is 28.3. The third-order valence-electron chi connectivity index (χ3n) is 5.45. The molecule has 2 aliphatic rings. The predicted molar refractivity (Wildman–Crippen MR) is 84.5 cm³/mol. The number of Topliss-reactive ketones (excluding diaryl/α,β-unsaturated/α-hetero) is 1. The lowest BCUT2D eigenvalue weighted by atomic mass is 9.62. The SMILES string of the molecule is CC(C)CCC1CC(=O)CC2c3ccc(O)cc3CCC12. The van der Waals surface area contributed by atoms with E-state index in [1.807, 2.05) is 6.07 Å². The largest absolute Gasteiger partial charge is 0.508 e. The Hall–Kier alpha value is -1.31. The fourth-order valence-corrected chi connectivity index (χ4v) is 4.39. The molecule has 0 radical (unpaired) electrons. The molecule has 2 nitrogen and oxygen atoms in total. The fraction of sp³-hybridized carbons (Fsp3) is 0.632. The molecule has 0 heterocycles. The number of hydrogen-bond acceptors (Lipinski definition) is 2. The van der Waals surface area contributed by atoms with E-state index in [9.17, 15) is 9.90 Å². The van der Waals surface area contributed by atoms with Crippen LogP contribution in [0.25, 0.3) is 0 Å². The smallest absolute Gasteiger partial charge is 0.133 e. The van der Waals surface area contributed by atoms with E-state index in [2.05, 4.69) is 19.9 Å². The van der Waals surface area contributed by atoms with Crippen molar-refractivity contribution in [1.29, 1.82) is 0 Å². The molecule has 0 spiro atoms. The van der Waals surface area contributed by atoms with E-state index in [0.717, 1.165) is 12.8 Å². The number of aryl methyl sites for hydroxylation is 1. The average Bonchev–Trinajstić information content (AvgIpc) is 2.43. The van der Waals surface area contributed by atoms with Gasteiger partial charge in [0.05, 0.1) is 0 Å². The number of carbonyl (C=O) groups excluding carboxylic acids is 1. The maximum absolute atomic E-state index is 12.2. The van der Waals surface area contributed by atoms with E-state index in [1.165, 1.54) is 30.4 Å². The summed E-state index contributed by atoms with van der Waals surface area (Å²) in [7, 11) is 0. The van der Waals surface area contributed by atoms with Crippen LogP contribution < -0.4 is 0 Å². The number of rotatable bonds is 3. The van der Waals surface area contributed by atoms with Crippen molar-refractivity contribution in [3.8, 4) is 5.75 Å². The van der Waals surface area contributed by atoms with Crippen LogP contribution in [0.4, 0.5) is 0 Å². The van der Waals surface area contributed by atoms with Gasteiger partial charge in [-0.25, -0.2) is 0 Å². The van der Waals surface area contributed by atoms with E-state index in [4.69, 9.17) is 0 Å². The van der Waals surface area contributed by atoms with Crippen molar-refractivity contribution in [3.05, 3.63) is 29.3 Å². The number of benzene rings is 1. The molecular formula is C19H26O2. The maximum Gasteiger partial charge on any atom is 0.133 e. The Morgan fingerprint density at radius 1 is 1.29 bits per heavy atom.